The summed E-state index contributed by atoms with van der Waals surface area (Å²) in [7, 11) is 4.00. The Balaban J connectivity index is 2.07. The third kappa shape index (κ3) is 3.53. The van der Waals surface area contributed by atoms with Crippen molar-refractivity contribution in [2.24, 2.45) is 0 Å². The highest BCUT2D eigenvalue weighted by atomic mass is 16.2. The van der Waals surface area contributed by atoms with Crippen molar-refractivity contribution in [3.8, 4) is 6.07 Å². The number of amides is 1. The molecule has 1 aliphatic heterocycles. The molecule has 0 N–H and O–H groups in total. The van der Waals surface area contributed by atoms with E-state index in [0.29, 0.717) is 13.1 Å². The molecule has 2 rings (SSSR count). The number of carbonyl (C=O) groups excluding carboxylic acids is 1. The van der Waals surface area contributed by atoms with E-state index in [1.165, 1.54) is 0 Å². The monoisotopic (exact) mass is 286 g/mol. The van der Waals surface area contributed by atoms with Gasteiger partial charge >= 0.3 is 0 Å². The number of nitriles is 1. The van der Waals surface area contributed by atoms with E-state index in [1.54, 1.807) is 6.92 Å². The van der Waals surface area contributed by atoms with Crippen LogP contribution in [-0.4, -0.2) is 56.0 Å². The van der Waals surface area contributed by atoms with Crippen LogP contribution in [0.3, 0.4) is 0 Å². The second-order valence-corrected chi connectivity index (χ2v) is 5.56. The fourth-order valence-electron chi connectivity index (χ4n) is 2.62. The molecule has 1 fully saturated rings. The number of benzene rings is 1. The van der Waals surface area contributed by atoms with Crippen LogP contribution in [0, 0.1) is 11.3 Å². The number of rotatable bonds is 3. The lowest BCUT2D eigenvalue weighted by Crippen LogP contribution is -2.48. The summed E-state index contributed by atoms with van der Waals surface area (Å²) in [5, 5.41) is 9.50. The summed E-state index contributed by atoms with van der Waals surface area (Å²) in [5.41, 5.74) is 2.14. The average molecular weight is 286 g/mol. The zero-order valence-electron chi connectivity index (χ0n) is 12.9. The van der Waals surface area contributed by atoms with Crippen LogP contribution in [0.25, 0.3) is 0 Å². The Morgan fingerprint density at radius 2 is 1.76 bits per heavy atom. The van der Waals surface area contributed by atoms with E-state index in [0.717, 1.165) is 24.3 Å². The molecule has 1 heterocycles. The van der Waals surface area contributed by atoms with Crippen molar-refractivity contribution < 1.29 is 4.79 Å². The van der Waals surface area contributed by atoms with E-state index in [1.807, 2.05) is 48.2 Å². The van der Waals surface area contributed by atoms with Crippen LogP contribution in [0.1, 0.15) is 18.5 Å². The van der Waals surface area contributed by atoms with E-state index in [-0.39, 0.29) is 11.9 Å². The molecule has 0 aromatic heterocycles. The van der Waals surface area contributed by atoms with Gasteiger partial charge in [0, 0.05) is 52.9 Å². The van der Waals surface area contributed by atoms with Gasteiger partial charge in [0.2, 0.25) is 5.91 Å². The summed E-state index contributed by atoms with van der Waals surface area (Å²) in [6.07, 6.45) is 0. The summed E-state index contributed by atoms with van der Waals surface area (Å²) >= 11 is 0. The smallest absolute Gasteiger partial charge is 0.219 e. The first-order chi connectivity index (χ1) is 10.0. The average Bonchev–Trinajstić information content (AvgIpc) is 2.49. The molecular formula is C16H22N4O. The van der Waals surface area contributed by atoms with Crippen molar-refractivity contribution in [1.29, 1.82) is 5.26 Å². The Hall–Kier alpha value is -2.06. The molecule has 112 valence electrons. The van der Waals surface area contributed by atoms with E-state index >= 15 is 0 Å². The van der Waals surface area contributed by atoms with E-state index in [2.05, 4.69) is 11.0 Å². The molecule has 0 aliphatic carbocycles. The Labute approximate surface area is 126 Å². The number of anilines is 1. The second-order valence-electron chi connectivity index (χ2n) is 5.56. The topological polar surface area (TPSA) is 50.6 Å². The minimum Gasteiger partial charge on any atom is -0.378 e. The maximum absolute atomic E-state index is 11.4. The highest BCUT2D eigenvalue weighted by Crippen LogP contribution is 2.23. The summed E-state index contributed by atoms with van der Waals surface area (Å²) in [6.45, 7) is 4.48. The quantitative estimate of drug-likeness (QED) is 0.844. The molecule has 5 heteroatoms. The van der Waals surface area contributed by atoms with Crippen LogP contribution in [0.4, 0.5) is 5.69 Å². The highest BCUT2D eigenvalue weighted by Gasteiger charge is 2.25. The summed E-state index contributed by atoms with van der Waals surface area (Å²) < 4.78 is 0. The fourth-order valence-corrected chi connectivity index (χ4v) is 2.62. The van der Waals surface area contributed by atoms with Crippen molar-refractivity contribution in [2.45, 2.75) is 13.0 Å². The minimum absolute atomic E-state index is 0.110. The Kier molecular flexibility index (Phi) is 4.81. The summed E-state index contributed by atoms with van der Waals surface area (Å²) in [6, 6.07) is 10.2. The number of hydrogen-bond donors (Lipinski definition) is 0. The van der Waals surface area contributed by atoms with Gasteiger partial charge in [-0.15, -0.1) is 0 Å². The molecule has 0 spiro atoms. The molecule has 1 amide bonds. The van der Waals surface area contributed by atoms with Crippen molar-refractivity contribution in [3.05, 3.63) is 29.8 Å². The molecule has 0 radical (unpaired) electrons. The fraction of sp³-hybridized carbons (Fsp3) is 0.500. The minimum atomic E-state index is -0.240. The van der Waals surface area contributed by atoms with Gasteiger partial charge in [-0.25, -0.2) is 0 Å². The first kappa shape index (κ1) is 15.3. The van der Waals surface area contributed by atoms with Gasteiger partial charge in [-0.05, 0) is 17.7 Å². The second kappa shape index (κ2) is 6.59. The Morgan fingerprint density at radius 3 is 2.19 bits per heavy atom. The van der Waals surface area contributed by atoms with Crippen LogP contribution in [-0.2, 0) is 4.79 Å². The van der Waals surface area contributed by atoms with Crippen LogP contribution < -0.4 is 4.90 Å². The molecule has 0 bridgehead atoms. The van der Waals surface area contributed by atoms with Crippen LogP contribution in [0.15, 0.2) is 24.3 Å². The number of carbonyl (C=O) groups is 1. The van der Waals surface area contributed by atoms with Crippen LogP contribution >= 0.6 is 0 Å². The van der Waals surface area contributed by atoms with Gasteiger partial charge in [0.05, 0.1) is 6.07 Å². The van der Waals surface area contributed by atoms with Gasteiger partial charge in [0.25, 0.3) is 0 Å². The number of hydrogen-bond acceptors (Lipinski definition) is 4. The molecule has 5 nitrogen and oxygen atoms in total. The highest BCUT2D eigenvalue weighted by molar-refractivity contribution is 5.73. The normalized spacial score (nSPS) is 17.1. The SMILES string of the molecule is CC(=O)N1CCN(C(C#N)c2ccc(N(C)C)cc2)CC1. The zero-order valence-corrected chi connectivity index (χ0v) is 12.9. The molecule has 1 saturated heterocycles. The lowest BCUT2D eigenvalue weighted by atomic mass is 10.0. The predicted octanol–water partition coefficient (Wildman–Crippen LogP) is 1.48. The maximum Gasteiger partial charge on any atom is 0.219 e. The molecule has 1 aliphatic rings. The first-order valence-corrected chi connectivity index (χ1v) is 7.19. The molecule has 21 heavy (non-hydrogen) atoms. The first-order valence-electron chi connectivity index (χ1n) is 7.19. The third-order valence-electron chi connectivity index (χ3n) is 3.97. The van der Waals surface area contributed by atoms with Gasteiger partial charge in [0.15, 0.2) is 0 Å². The van der Waals surface area contributed by atoms with Crippen molar-refractivity contribution in [2.75, 3.05) is 45.2 Å². The van der Waals surface area contributed by atoms with E-state index < -0.39 is 0 Å². The number of piperazine rings is 1. The van der Waals surface area contributed by atoms with Gasteiger partial charge in [-0.3, -0.25) is 9.69 Å². The molecule has 1 unspecified atom stereocenters. The van der Waals surface area contributed by atoms with Crippen molar-refractivity contribution in [3.63, 3.8) is 0 Å². The summed E-state index contributed by atoms with van der Waals surface area (Å²) in [5.74, 6) is 0.110. The molecular weight excluding hydrogens is 264 g/mol. The van der Waals surface area contributed by atoms with Gasteiger partial charge < -0.3 is 9.80 Å². The lowest BCUT2D eigenvalue weighted by molar-refractivity contribution is -0.130. The zero-order chi connectivity index (χ0) is 15.4. The van der Waals surface area contributed by atoms with Crippen LogP contribution in [0.5, 0.6) is 0 Å². The Morgan fingerprint density at radius 1 is 1.19 bits per heavy atom. The molecule has 1 aromatic rings. The molecule has 1 aromatic carbocycles. The van der Waals surface area contributed by atoms with E-state index in [9.17, 15) is 10.1 Å². The van der Waals surface area contributed by atoms with Gasteiger partial charge in [-0.2, -0.15) is 5.26 Å². The molecule has 0 saturated carbocycles. The maximum atomic E-state index is 11.4. The standard InChI is InChI=1S/C16H22N4O/c1-13(21)19-8-10-20(11-9-19)16(12-17)14-4-6-15(7-5-14)18(2)3/h4-7,16H,8-11H2,1-3H3. The van der Waals surface area contributed by atoms with Crippen LogP contribution in [0.2, 0.25) is 0 Å². The molecule has 1 atom stereocenters. The van der Waals surface area contributed by atoms with Crippen molar-refractivity contribution >= 4 is 11.6 Å². The van der Waals surface area contributed by atoms with Crippen molar-refractivity contribution in [1.82, 2.24) is 9.80 Å². The predicted molar refractivity (Wildman–Crippen MR) is 83.0 cm³/mol. The lowest BCUT2D eigenvalue weighted by Gasteiger charge is -2.36. The summed E-state index contributed by atoms with van der Waals surface area (Å²) in [4.78, 5) is 17.4. The number of nitrogens with zero attached hydrogens (tertiary/aromatic N) is 4. The largest absolute Gasteiger partial charge is 0.378 e. The van der Waals surface area contributed by atoms with Gasteiger partial charge in [-0.1, -0.05) is 12.1 Å². The van der Waals surface area contributed by atoms with Gasteiger partial charge in [0.1, 0.15) is 6.04 Å². The third-order valence-corrected chi connectivity index (χ3v) is 3.97. The van der Waals surface area contributed by atoms with E-state index in [4.69, 9.17) is 0 Å². The Bertz CT molecular complexity index is 524.